The summed E-state index contributed by atoms with van der Waals surface area (Å²) in [6.07, 6.45) is 1.67. The molecule has 0 spiro atoms. The molecule has 1 aromatic heterocycles. The highest BCUT2D eigenvalue weighted by Gasteiger charge is 2.12. The topological polar surface area (TPSA) is 76.4 Å². The van der Waals surface area contributed by atoms with Crippen molar-refractivity contribution in [1.82, 2.24) is 9.55 Å². The molecule has 0 saturated heterocycles. The maximum atomic E-state index is 14.4. The van der Waals surface area contributed by atoms with Crippen LogP contribution in [-0.4, -0.2) is 20.6 Å². The predicted octanol–water partition coefficient (Wildman–Crippen LogP) is 2.32. The highest BCUT2D eigenvalue weighted by molar-refractivity contribution is 5.97. The lowest BCUT2D eigenvalue weighted by molar-refractivity contribution is 0.318. The van der Waals surface area contributed by atoms with E-state index in [1.165, 1.54) is 6.07 Å². The first-order valence-electron chi connectivity index (χ1n) is 6.36. The number of nitrogens with two attached hydrogens (primary N) is 1. The van der Waals surface area contributed by atoms with Crippen molar-refractivity contribution in [2.45, 2.75) is 6.54 Å². The zero-order chi connectivity index (χ0) is 14.8. The average Bonchev–Trinajstić information content (AvgIpc) is 2.92. The number of rotatable bonds is 3. The number of oxime groups is 1. The summed E-state index contributed by atoms with van der Waals surface area (Å²) >= 11 is 0. The Balaban J connectivity index is 2.02. The van der Waals surface area contributed by atoms with Crippen LogP contribution >= 0.6 is 0 Å². The molecular formula is C15H13FN4O. The van der Waals surface area contributed by atoms with Gasteiger partial charge in [-0.05, 0) is 18.2 Å². The normalized spacial score (nSPS) is 12.0. The Labute approximate surface area is 120 Å². The van der Waals surface area contributed by atoms with Gasteiger partial charge >= 0.3 is 0 Å². The number of aromatic nitrogens is 2. The molecule has 3 rings (SSSR count). The molecule has 1 heterocycles. The van der Waals surface area contributed by atoms with Gasteiger partial charge in [-0.3, -0.25) is 0 Å². The SMILES string of the molecule is N/C(=N/O)c1cccc(Cn2cnc3ccccc32)c1F. The first kappa shape index (κ1) is 13.1. The minimum absolute atomic E-state index is 0.0828. The molecule has 3 aromatic rings. The zero-order valence-electron chi connectivity index (χ0n) is 11.1. The van der Waals surface area contributed by atoms with E-state index in [9.17, 15) is 4.39 Å². The van der Waals surface area contributed by atoms with Gasteiger partial charge in [0.2, 0.25) is 0 Å². The van der Waals surface area contributed by atoms with Gasteiger partial charge in [0.15, 0.2) is 5.84 Å². The number of benzene rings is 2. The lowest BCUT2D eigenvalue weighted by Crippen LogP contribution is -2.16. The molecule has 0 amide bonds. The van der Waals surface area contributed by atoms with E-state index in [2.05, 4.69) is 10.1 Å². The Kier molecular flexibility index (Phi) is 3.27. The summed E-state index contributed by atoms with van der Waals surface area (Å²) in [5.41, 5.74) is 7.77. The van der Waals surface area contributed by atoms with Crippen LogP contribution in [-0.2, 0) is 6.54 Å². The fourth-order valence-corrected chi connectivity index (χ4v) is 2.27. The van der Waals surface area contributed by atoms with Crippen LogP contribution in [0, 0.1) is 5.82 Å². The maximum absolute atomic E-state index is 14.4. The third kappa shape index (κ3) is 2.31. The van der Waals surface area contributed by atoms with Gasteiger partial charge in [0.25, 0.3) is 0 Å². The number of amidine groups is 1. The molecule has 3 N–H and O–H groups in total. The average molecular weight is 284 g/mol. The van der Waals surface area contributed by atoms with Gasteiger partial charge in [0.05, 0.1) is 29.5 Å². The number of fused-ring (bicyclic) bond motifs is 1. The van der Waals surface area contributed by atoms with Gasteiger partial charge in [0, 0.05) is 5.56 Å². The molecule has 0 atom stereocenters. The first-order valence-corrected chi connectivity index (χ1v) is 6.36. The molecule has 2 aromatic carbocycles. The van der Waals surface area contributed by atoms with Crippen molar-refractivity contribution in [3.63, 3.8) is 0 Å². The van der Waals surface area contributed by atoms with E-state index < -0.39 is 5.82 Å². The molecule has 0 aliphatic carbocycles. The maximum Gasteiger partial charge on any atom is 0.173 e. The standard InChI is InChI=1S/C15H13FN4O/c16-14-10(4-3-5-11(14)15(17)19-21)8-20-9-18-12-6-1-2-7-13(12)20/h1-7,9,21H,8H2,(H2,17,19). The molecule has 0 aliphatic rings. The van der Waals surface area contributed by atoms with Gasteiger partial charge in [0.1, 0.15) is 5.82 Å². The van der Waals surface area contributed by atoms with Crippen LogP contribution < -0.4 is 5.73 Å². The van der Waals surface area contributed by atoms with Gasteiger partial charge in [-0.25, -0.2) is 9.37 Å². The number of hydrogen-bond acceptors (Lipinski definition) is 3. The van der Waals surface area contributed by atoms with E-state index in [-0.39, 0.29) is 11.4 Å². The summed E-state index contributed by atoms with van der Waals surface area (Å²) in [6, 6.07) is 12.4. The number of halogens is 1. The van der Waals surface area contributed by atoms with E-state index in [1.807, 2.05) is 28.8 Å². The third-order valence-corrected chi connectivity index (χ3v) is 3.33. The Bertz CT molecular complexity index is 825. The van der Waals surface area contributed by atoms with E-state index in [0.29, 0.717) is 12.1 Å². The fraction of sp³-hybridized carbons (Fsp3) is 0.0667. The lowest BCUT2D eigenvalue weighted by Gasteiger charge is -2.09. The van der Waals surface area contributed by atoms with Crippen molar-refractivity contribution in [1.29, 1.82) is 0 Å². The van der Waals surface area contributed by atoms with Crippen molar-refractivity contribution in [3.05, 3.63) is 65.7 Å². The highest BCUT2D eigenvalue weighted by atomic mass is 19.1. The smallest absolute Gasteiger partial charge is 0.173 e. The van der Waals surface area contributed by atoms with Crippen LogP contribution in [0.1, 0.15) is 11.1 Å². The highest BCUT2D eigenvalue weighted by Crippen LogP contribution is 2.18. The lowest BCUT2D eigenvalue weighted by atomic mass is 10.1. The van der Waals surface area contributed by atoms with E-state index in [4.69, 9.17) is 10.9 Å². The minimum atomic E-state index is -0.495. The van der Waals surface area contributed by atoms with E-state index in [1.54, 1.807) is 18.5 Å². The van der Waals surface area contributed by atoms with Gasteiger partial charge in [-0.2, -0.15) is 0 Å². The molecule has 5 nitrogen and oxygen atoms in total. The van der Waals surface area contributed by atoms with Crippen LogP contribution in [0.2, 0.25) is 0 Å². The van der Waals surface area contributed by atoms with Gasteiger partial charge < -0.3 is 15.5 Å². The van der Waals surface area contributed by atoms with Gasteiger partial charge in [-0.15, -0.1) is 0 Å². The Morgan fingerprint density at radius 1 is 1.24 bits per heavy atom. The monoisotopic (exact) mass is 284 g/mol. The molecule has 0 bridgehead atoms. The minimum Gasteiger partial charge on any atom is -0.409 e. The molecule has 0 unspecified atom stereocenters. The molecule has 0 fully saturated rings. The Morgan fingerprint density at radius 3 is 2.86 bits per heavy atom. The molecule has 106 valence electrons. The van der Waals surface area contributed by atoms with Crippen molar-refractivity contribution >= 4 is 16.9 Å². The van der Waals surface area contributed by atoms with E-state index >= 15 is 0 Å². The molecular weight excluding hydrogens is 271 g/mol. The van der Waals surface area contributed by atoms with Crippen LogP contribution in [0.25, 0.3) is 11.0 Å². The predicted molar refractivity (Wildman–Crippen MR) is 77.7 cm³/mol. The zero-order valence-corrected chi connectivity index (χ0v) is 11.1. The molecule has 21 heavy (non-hydrogen) atoms. The third-order valence-electron chi connectivity index (χ3n) is 3.33. The Morgan fingerprint density at radius 2 is 2.05 bits per heavy atom. The van der Waals surface area contributed by atoms with Crippen LogP contribution in [0.3, 0.4) is 0 Å². The largest absolute Gasteiger partial charge is 0.409 e. The second-order valence-corrected chi connectivity index (χ2v) is 4.63. The van der Waals surface area contributed by atoms with Crippen molar-refractivity contribution in [2.75, 3.05) is 0 Å². The number of hydrogen-bond donors (Lipinski definition) is 2. The van der Waals surface area contributed by atoms with Crippen molar-refractivity contribution in [2.24, 2.45) is 10.9 Å². The summed E-state index contributed by atoms with van der Waals surface area (Å²) in [7, 11) is 0. The summed E-state index contributed by atoms with van der Waals surface area (Å²) in [4.78, 5) is 4.27. The molecule has 0 saturated carbocycles. The second kappa shape index (κ2) is 5.24. The van der Waals surface area contributed by atoms with Crippen LogP contribution in [0.5, 0.6) is 0 Å². The second-order valence-electron chi connectivity index (χ2n) is 4.63. The summed E-state index contributed by atoms with van der Waals surface area (Å²) in [6.45, 7) is 0.318. The molecule has 0 radical (unpaired) electrons. The molecule has 6 heteroatoms. The van der Waals surface area contributed by atoms with Gasteiger partial charge in [-0.1, -0.05) is 29.4 Å². The Hall–Kier alpha value is -2.89. The number of para-hydroxylation sites is 2. The number of nitrogens with zero attached hydrogens (tertiary/aromatic N) is 3. The van der Waals surface area contributed by atoms with E-state index in [0.717, 1.165) is 11.0 Å². The van der Waals surface area contributed by atoms with Crippen LogP contribution in [0.4, 0.5) is 4.39 Å². The molecule has 0 aliphatic heterocycles. The fourth-order valence-electron chi connectivity index (χ4n) is 2.27. The summed E-state index contributed by atoms with van der Waals surface area (Å²) < 4.78 is 16.2. The quantitative estimate of drug-likeness (QED) is 0.335. The first-order chi connectivity index (χ1) is 10.2. The van der Waals surface area contributed by atoms with Crippen molar-refractivity contribution < 1.29 is 9.60 Å². The summed E-state index contributed by atoms with van der Waals surface area (Å²) in [5, 5.41) is 11.5. The summed E-state index contributed by atoms with van der Waals surface area (Å²) in [5.74, 6) is -0.740. The van der Waals surface area contributed by atoms with Crippen molar-refractivity contribution in [3.8, 4) is 0 Å². The van der Waals surface area contributed by atoms with Crippen LogP contribution in [0.15, 0.2) is 53.9 Å². The number of imidazole rings is 1.